The van der Waals surface area contributed by atoms with Crippen LogP contribution in [-0.2, 0) is 0 Å². The molecule has 2 aromatic rings. The highest BCUT2D eigenvalue weighted by Crippen LogP contribution is 2.23. The van der Waals surface area contributed by atoms with E-state index in [1.165, 1.54) is 0 Å². The minimum Gasteiger partial charge on any atom is -0.409 e. The quantitative estimate of drug-likeness (QED) is 0.383. The van der Waals surface area contributed by atoms with Crippen molar-refractivity contribution in [3.63, 3.8) is 0 Å². The molecule has 18 heavy (non-hydrogen) atoms. The Morgan fingerprint density at radius 2 is 2.22 bits per heavy atom. The molecule has 6 nitrogen and oxygen atoms in total. The van der Waals surface area contributed by atoms with Crippen LogP contribution in [0.2, 0.25) is 0 Å². The van der Waals surface area contributed by atoms with Gasteiger partial charge in [-0.05, 0) is 41.9 Å². The van der Waals surface area contributed by atoms with Gasteiger partial charge in [-0.3, -0.25) is 4.98 Å². The molecule has 0 unspecified atom stereocenters. The zero-order valence-electron chi connectivity index (χ0n) is 9.92. The van der Waals surface area contributed by atoms with E-state index >= 15 is 0 Å². The topological polar surface area (TPSA) is 89.3 Å². The molecule has 0 saturated heterocycles. The Hall–Kier alpha value is -1.89. The average Bonchev–Trinajstić information content (AvgIpc) is 2.65. The number of nitrogens with two attached hydrogens (primary N) is 1. The Labute approximate surface area is 112 Å². The first-order valence-electron chi connectivity index (χ1n) is 5.21. The van der Waals surface area contributed by atoms with Crippen LogP contribution < -0.4 is 5.73 Å². The van der Waals surface area contributed by atoms with Gasteiger partial charge < -0.3 is 10.9 Å². The van der Waals surface area contributed by atoms with Crippen LogP contribution in [0.15, 0.2) is 28.0 Å². The molecule has 0 spiro atoms. The largest absolute Gasteiger partial charge is 0.409 e. The number of aromatic nitrogens is 3. The normalized spacial score (nSPS) is 11.8. The van der Waals surface area contributed by atoms with E-state index in [1.807, 2.05) is 19.9 Å². The summed E-state index contributed by atoms with van der Waals surface area (Å²) in [5, 5.41) is 16.2. The van der Waals surface area contributed by atoms with Crippen molar-refractivity contribution >= 4 is 21.8 Å². The first kappa shape index (κ1) is 12.6. The van der Waals surface area contributed by atoms with Crippen LogP contribution in [0.5, 0.6) is 0 Å². The van der Waals surface area contributed by atoms with Crippen LogP contribution in [0.4, 0.5) is 0 Å². The maximum absolute atomic E-state index is 8.77. The fraction of sp³-hybridized carbons (Fsp3) is 0.182. The van der Waals surface area contributed by atoms with Crippen molar-refractivity contribution in [2.24, 2.45) is 10.9 Å². The van der Waals surface area contributed by atoms with Crippen molar-refractivity contribution in [3.05, 3.63) is 39.9 Å². The third-order valence-electron chi connectivity index (χ3n) is 2.57. The van der Waals surface area contributed by atoms with Gasteiger partial charge in [-0.1, -0.05) is 5.16 Å². The number of nitrogens with zero attached hydrogens (tertiary/aromatic N) is 4. The number of rotatable bonds is 2. The number of halogens is 1. The van der Waals surface area contributed by atoms with Gasteiger partial charge >= 0.3 is 0 Å². The van der Waals surface area contributed by atoms with Crippen molar-refractivity contribution in [1.82, 2.24) is 14.8 Å². The van der Waals surface area contributed by atoms with Crippen molar-refractivity contribution < 1.29 is 5.21 Å². The summed E-state index contributed by atoms with van der Waals surface area (Å²) in [6.07, 6.45) is 1.58. The Bertz CT molecular complexity index is 620. The zero-order valence-corrected chi connectivity index (χ0v) is 11.5. The molecule has 0 aliphatic heterocycles. The molecule has 7 heteroatoms. The van der Waals surface area contributed by atoms with Gasteiger partial charge in [-0.25, -0.2) is 4.68 Å². The van der Waals surface area contributed by atoms with Gasteiger partial charge in [0.25, 0.3) is 0 Å². The minimum absolute atomic E-state index is 0.0470. The van der Waals surface area contributed by atoms with Crippen LogP contribution in [0.3, 0.4) is 0 Å². The van der Waals surface area contributed by atoms with Crippen molar-refractivity contribution in [3.8, 4) is 5.69 Å². The highest BCUT2D eigenvalue weighted by Gasteiger charge is 2.15. The van der Waals surface area contributed by atoms with Crippen molar-refractivity contribution in [2.45, 2.75) is 13.8 Å². The lowest BCUT2D eigenvalue weighted by Gasteiger charge is -2.08. The third-order valence-corrected chi connectivity index (χ3v) is 3.72. The predicted molar refractivity (Wildman–Crippen MR) is 71.0 cm³/mol. The van der Waals surface area contributed by atoms with Gasteiger partial charge in [-0.15, -0.1) is 0 Å². The monoisotopic (exact) mass is 309 g/mol. The standard InChI is InChI=1S/C11H12BrN5O/c1-6-9(12)7(2)17(15-6)8-4-3-5-14-10(8)11(13)16-18/h3-5,18H,1-2H3,(H2,13,16). The maximum Gasteiger partial charge on any atom is 0.190 e. The molecule has 0 amide bonds. The summed E-state index contributed by atoms with van der Waals surface area (Å²) in [7, 11) is 0. The molecule has 0 aliphatic carbocycles. The number of pyridine rings is 1. The zero-order chi connectivity index (χ0) is 13.3. The molecule has 0 bridgehead atoms. The van der Waals surface area contributed by atoms with E-state index in [4.69, 9.17) is 10.9 Å². The Morgan fingerprint density at radius 3 is 2.78 bits per heavy atom. The number of amidine groups is 1. The van der Waals surface area contributed by atoms with Crippen molar-refractivity contribution in [1.29, 1.82) is 0 Å². The highest BCUT2D eigenvalue weighted by molar-refractivity contribution is 9.10. The third kappa shape index (κ3) is 1.97. The molecule has 2 heterocycles. The minimum atomic E-state index is -0.0470. The summed E-state index contributed by atoms with van der Waals surface area (Å²) < 4.78 is 2.64. The van der Waals surface area contributed by atoms with Crippen LogP contribution in [0, 0.1) is 13.8 Å². The summed E-state index contributed by atoms with van der Waals surface area (Å²) >= 11 is 3.46. The van der Waals surface area contributed by atoms with Gasteiger partial charge in [0.05, 0.1) is 21.5 Å². The van der Waals surface area contributed by atoms with Gasteiger partial charge in [-0.2, -0.15) is 5.10 Å². The first-order valence-corrected chi connectivity index (χ1v) is 6.00. The van der Waals surface area contributed by atoms with Gasteiger partial charge in [0, 0.05) is 6.20 Å². The number of hydrogen-bond donors (Lipinski definition) is 2. The smallest absolute Gasteiger partial charge is 0.190 e. The van der Waals surface area contributed by atoms with Crippen LogP contribution in [0.25, 0.3) is 5.69 Å². The number of oxime groups is 1. The SMILES string of the molecule is Cc1nn(-c2cccnc2/C(N)=N/O)c(C)c1Br. The molecule has 2 aromatic heterocycles. The molecule has 2 rings (SSSR count). The van der Waals surface area contributed by atoms with E-state index in [-0.39, 0.29) is 5.84 Å². The van der Waals surface area contributed by atoms with E-state index in [0.717, 1.165) is 15.9 Å². The van der Waals surface area contributed by atoms with E-state index < -0.39 is 0 Å². The highest BCUT2D eigenvalue weighted by atomic mass is 79.9. The molecular formula is C11H12BrN5O. The summed E-state index contributed by atoms with van der Waals surface area (Å²) in [6.45, 7) is 3.82. The van der Waals surface area contributed by atoms with Gasteiger partial charge in [0.1, 0.15) is 5.69 Å². The fourth-order valence-corrected chi connectivity index (χ4v) is 1.92. The molecule has 3 N–H and O–H groups in total. The van der Waals surface area contributed by atoms with E-state index in [0.29, 0.717) is 11.4 Å². The van der Waals surface area contributed by atoms with E-state index in [1.54, 1.807) is 16.9 Å². The van der Waals surface area contributed by atoms with Crippen LogP contribution in [-0.4, -0.2) is 25.8 Å². The second-order valence-electron chi connectivity index (χ2n) is 3.75. The molecular weight excluding hydrogens is 298 g/mol. The summed E-state index contributed by atoms with van der Waals surface area (Å²) in [6, 6.07) is 3.58. The molecule has 0 aromatic carbocycles. The Balaban J connectivity index is 2.68. The molecule has 0 fully saturated rings. The summed E-state index contributed by atoms with van der Waals surface area (Å²) in [4.78, 5) is 4.11. The Morgan fingerprint density at radius 1 is 1.50 bits per heavy atom. The number of hydrogen-bond acceptors (Lipinski definition) is 4. The van der Waals surface area contributed by atoms with Crippen LogP contribution >= 0.6 is 15.9 Å². The first-order chi connectivity index (χ1) is 8.56. The van der Waals surface area contributed by atoms with E-state index in [2.05, 4.69) is 31.2 Å². The average molecular weight is 310 g/mol. The van der Waals surface area contributed by atoms with Crippen LogP contribution in [0.1, 0.15) is 17.1 Å². The van der Waals surface area contributed by atoms with Gasteiger partial charge in [0.15, 0.2) is 5.84 Å². The molecule has 0 aliphatic rings. The predicted octanol–water partition coefficient (Wildman–Crippen LogP) is 1.74. The maximum atomic E-state index is 8.77. The van der Waals surface area contributed by atoms with E-state index in [9.17, 15) is 0 Å². The second-order valence-corrected chi connectivity index (χ2v) is 4.55. The number of aryl methyl sites for hydroxylation is 1. The lowest BCUT2D eigenvalue weighted by atomic mass is 10.2. The lowest BCUT2D eigenvalue weighted by Crippen LogP contribution is -2.19. The molecule has 0 saturated carbocycles. The fourth-order valence-electron chi connectivity index (χ4n) is 1.67. The molecule has 94 valence electrons. The molecule has 0 radical (unpaired) electrons. The second kappa shape index (κ2) is 4.77. The Kier molecular flexibility index (Phi) is 3.33. The molecule has 0 atom stereocenters. The summed E-state index contributed by atoms with van der Waals surface area (Å²) in [5.41, 5.74) is 8.45. The van der Waals surface area contributed by atoms with Crippen molar-refractivity contribution in [2.75, 3.05) is 0 Å². The lowest BCUT2D eigenvalue weighted by molar-refractivity contribution is 0.318. The van der Waals surface area contributed by atoms with Gasteiger partial charge in [0.2, 0.25) is 0 Å². The summed E-state index contributed by atoms with van der Waals surface area (Å²) in [5.74, 6) is -0.0470.